The zero-order chi connectivity index (χ0) is 21.0. The number of aryl methyl sites for hydroxylation is 3. The van der Waals surface area contributed by atoms with Crippen molar-refractivity contribution in [1.82, 2.24) is 10.2 Å². The number of amides is 2. The van der Waals surface area contributed by atoms with Crippen LogP contribution >= 0.6 is 0 Å². The highest BCUT2D eigenvalue weighted by molar-refractivity contribution is 5.94. The number of nitrogens with zero attached hydrogens (tertiary/aromatic N) is 1. The van der Waals surface area contributed by atoms with Crippen LogP contribution in [0.15, 0.2) is 36.4 Å². The third kappa shape index (κ3) is 5.17. The molecule has 2 amide bonds. The number of hydrogen-bond acceptors (Lipinski definition) is 3. The van der Waals surface area contributed by atoms with Crippen molar-refractivity contribution in [2.45, 2.75) is 46.6 Å². The second-order valence-electron chi connectivity index (χ2n) is 7.94. The topological polar surface area (TPSA) is 58.6 Å². The number of carbonyl (C=O) groups excluding carboxylic acids is 2. The van der Waals surface area contributed by atoms with Crippen molar-refractivity contribution in [2.75, 3.05) is 19.7 Å². The molecule has 1 heterocycles. The van der Waals surface area contributed by atoms with Crippen molar-refractivity contribution in [3.63, 3.8) is 0 Å². The molecule has 1 fully saturated rings. The van der Waals surface area contributed by atoms with Gasteiger partial charge in [0.1, 0.15) is 5.75 Å². The summed E-state index contributed by atoms with van der Waals surface area (Å²) in [7, 11) is 0. The molecule has 0 radical (unpaired) electrons. The minimum Gasteiger partial charge on any atom is -0.483 e. The first-order valence-electron chi connectivity index (χ1n) is 10.2. The molecule has 0 bridgehead atoms. The molecule has 5 nitrogen and oxygen atoms in total. The summed E-state index contributed by atoms with van der Waals surface area (Å²) < 4.78 is 5.86. The lowest BCUT2D eigenvalue weighted by atomic mass is 10.0. The van der Waals surface area contributed by atoms with Crippen LogP contribution in [0.1, 0.15) is 45.5 Å². The van der Waals surface area contributed by atoms with Gasteiger partial charge in [-0.3, -0.25) is 9.59 Å². The van der Waals surface area contributed by atoms with Crippen LogP contribution in [0.3, 0.4) is 0 Å². The number of hydrogen-bond donors (Lipinski definition) is 1. The Balaban J connectivity index is 1.48. The van der Waals surface area contributed by atoms with Gasteiger partial charge in [-0.05, 0) is 69.4 Å². The lowest BCUT2D eigenvalue weighted by Gasteiger charge is -2.32. The molecule has 2 aromatic rings. The summed E-state index contributed by atoms with van der Waals surface area (Å²) in [5.41, 5.74) is 5.02. The number of carbonyl (C=O) groups is 2. The zero-order valence-corrected chi connectivity index (χ0v) is 17.7. The Kier molecular flexibility index (Phi) is 6.57. The van der Waals surface area contributed by atoms with Crippen molar-refractivity contribution in [2.24, 2.45) is 0 Å². The summed E-state index contributed by atoms with van der Waals surface area (Å²) in [6.45, 7) is 9.34. The van der Waals surface area contributed by atoms with Crippen molar-refractivity contribution in [3.8, 4) is 5.75 Å². The minimum atomic E-state index is -0.0489. The zero-order valence-electron chi connectivity index (χ0n) is 17.7. The predicted molar refractivity (Wildman–Crippen MR) is 114 cm³/mol. The molecule has 1 aliphatic rings. The van der Waals surface area contributed by atoms with Crippen LogP contribution in [-0.4, -0.2) is 42.5 Å². The van der Waals surface area contributed by atoms with Gasteiger partial charge in [0.2, 0.25) is 0 Å². The van der Waals surface area contributed by atoms with Gasteiger partial charge in [0.15, 0.2) is 6.61 Å². The summed E-state index contributed by atoms with van der Waals surface area (Å²) in [6, 6.07) is 11.8. The van der Waals surface area contributed by atoms with Crippen LogP contribution in [0, 0.1) is 27.7 Å². The molecule has 1 aliphatic heterocycles. The van der Waals surface area contributed by atoms with E-state index in [0.717, 1.165) is 40.8 Å². The quantitative estimate of drug-likeness (QED) is 0.841. The van der Waals surface area contributed by atoms with Crippen molar-refractivity contribution in [3.05, 3.63) is 64.2 Å². The van der Waals surface area contributed by atoms with E-state index < -0.39 is 0 Å². The van der Waals surface area contributed by atoms with Crippen molar-refractivity contribution >= 4 is 11.8 Å². The fraction of sp³-hybridized carbons (Fsp3) is 0.417. The van der Waals surface area contributed by atoms with E-state index in [2.05, 4.69) is 11.4 Å². The SMILES string of the molecule is Cc1cccc(C(=O)NC2CCN(C(=O)COc3c(C)ccc(C)c3C)CC2)c1. The maximum absolute atomic E-state index is 12.6. The molecule has 0 unspecified atom stereocenters. The Bertz CT molecular complexity index is 899. The van der Waals surface area contributed by atoms with E-state index in [1.54, 1.807) is 0 Å². The summed E-state index contributed by atoms with van der Waals surface area (Å²) in [4.78, 5) is 26.8. The van der Waals surface area contributed by atoms with Crippen molar-refractivity contribution in [1.29, 1.82) is 0 Å². The van der Waals surface area contributed by atoms with Gasteiger partial charge in [-0.15, -0.1) is 0 Å². The summed E-state index contributed by atoms with van der Waals surface area (Å²) >= 11 is 0. The van der Waals surface area contributed by atoms with Gasteiger partial charge in [0, 0.05) is 24.7 Å². The standard InChI is InChI=1S/C24H30N2O3/c1-16-6-5-7-20(14-16)24(28)25-21-10-12-26(13-11-21)22(27)15-29-23-18(3)9-8-17(2)19(23)4/h5-9,14,21H,10-13,15H2,1-4H3,(H,25,28). The number of ether oxygens (including phenoxy) is 1. The molecule has 1 N–H and O–H groups in total. The number of nitrogens with one attached hydrogen (secondary N) is 1. The average molecular weight is 395 g/mol. The fourth-order valence-corrected chi connectivity index (χ4v) is 3.70. The summed E-state index contributed by atoms with van der Waals surface area (Å²) in [6.07, 6.45) is 1.51. The smallest absolute Gasteiger partial charge is 0.260 e. The Morgan fingerprint density at radius 2 is 1.72 bits per heavy atom. The molecule has 29 heavy (non-hydrogen) atoms. The Labute approximate surface area is 173 Å². The minimum absolute atomic E-state index is 0.00577. The molecular formula is C24H30N2O3. The predicted octanol–water partition coefficient (Wildman–Crippen LogP) is 3.72. The third-order valence-corrected chi connectivity index (χ3v) is 5.68. The first kappa shape index (κ1) is 20.9. The molecule has 0 atom stereocenters. The molecule has 0 aromatic heterocycles. The first-order valence-corrected chi connectivity index (χ1v) is 10.2. The Morgan fingerprint density at radius 1 is 1.03 bits per heavy atom. The lowest BCUT2D eigenvalue weighted by molar-refractivity contribution is -0.134. The number of rotatable bonds is 5. The van der Waals surface area contributed by atoms with E-state index in [0.29, 0.717) is 18.7 Å². The molecule has 0 spiro atoms. The van der Waals surface area contributed by atoms with Gasteiger partial charge >= 0.3 is 0 Å². The highest BCUT2D eigenvalue weighted by Crippen LogP contribution is 2.25. The average Bonchev–Trinajstić information content (AvgIpc) is 2.71. The largest absolute Gasteiger partial charge is 0.483 e. The van der Waals surface area contributed by atoms with Gasteiger partial charge in [-0.25, -0.2) is 0 Å². The Morgan fingerprint density at radius 3 is 2.41 bits per heavy atom. The van der Waals surface area contributed by atoms with E-state index in [4.69, 9.17) is 4.74 Å². The van der Waals surface area contributed by atoms with Crippen LogP contribution in [0.25, 0.3) is 0 Å². The van der Waals surface area contributed by atoms with Crippen molar-refractivity contribution < 1.29 is 14.3 Å². The van der Waals surface area contributed by atoms with Crippen LogP contribution < -0.4 is 10.1 Å². The van der Waals surface area contributed by atoms with Gasteiger partial charge in [0.05, 0.1) is 0 Å². The van der Waals surface area contributed by atoms with Gasteiger partial charge in [-0.2, -0.15) is 0 Å². The van der Waals surface area contributed by atoms with Crippen LogP contribution in [0.5, 0.6) is 5.75 Å². The van der Waals surface area contributed by atoms with E-state index in [-0.39, 0.29) is 24.5 Å². The highest BCUT2D eigenvalue weighted by atomic mass is 16.5. The van der Waals surface area contributed by atoms with E-state index in [1.165, 1.54) is 0 Å². The molecule has 1 saturated heterocycles. The van der Waals surface area contributed by atoms with E-state index in [1.807, 2.05) is 62.9 Å². The van der Waals surface area contributed by atoms with Gasteiger partial charge < -0.3 is 15.0 Å². The second kappa shape index (κ2) is 9.12. The normalized spacial score (nSPS) is 14.6. The highest BCUT2D eigenvalue weighted by Gasteiger charge is 2.24. The molecular weight excluding hydrogens is 364 g/mol. The Hall–Kier alpha value is -2.82. The molecule has 154 valence electrons. The maximum Gasteiger partial charge on any atom is 0.260 e. The number of benzene rings is 2. The number of piperidine rings is 1. The van der Waals surface area contributed by atoms with Crippen LogP contribution in [0.2, 0.25) is 0 Å². The lowest BCUT2D eigenvalue weighted by Crippen LogP contribution is -2.47. The van der Waals surface area contributed by atoms with Gasteiger partial charge in [-0.1, -0.05) is 29.8 Å². The van der Waals surface area contributed by atoms with E-state index in [9.17, 15) is 9.59 Å². The molecule has 2 aromatic carbocycles. The molecule has 3 rings (SSSR count). The number of likely N-dealkylation sites (tertiary alicyclic amines) is 1. The third-order valence-electron chi connectivity index (χ3n) is 5.68. The van der Waals surface area contributed by atoms with Crippen LogP contribution in [-0.2, 0) is 4.79 Å². The monoisotopic (exact) mass is 394 g/mol. The molecule has 0 saturated carbocycles. The first-order chi connectivity index (χ1) is 13.8. The maximum atomic E-state index is 12.6. The van der Waals surface area contributed by atoms with E-state index >= 15 is 0 Å². The summed E-state index contributed by atoms with van der Waals surface area (Å²) in [5, 5.41) is 3.09. The summed E-state index contributed by atoms with van der Waals surface area (Å²) in [5.74, 6) is 0.750. The molecule has 5 heteroatoms. The second-order valence-corrected chi connectivity index (χ2v) is 7.94. The van der Waals surface area contributed by atoms with Gasteiger partial charge in [0.25, 0.3) is 11.8 Å². The van der Waals surface area contributed by atoms with Crippen LogP contribution in [0.4, 0.5) is 0 Å². The molecule has 0 aliphatic carbocycles. The fourth-order valence-electron chi connectivity index (χ4n) is 3.70.